The second kappa shape index (κ2) is 5.42. The lowest BCUT2D eigenvalue weighted by Gasteiger charge is -2.03. The topological polar surface area (TPSA) is 94.3 Å². The van der Waals surface area contributed by atoms with Crippen molar-refractivity contribution in [2.45, 2.75) is 0 Å². The van der Waals surface area contributed by atoms with Gasteiger partial charge in [-0.25, -0.2) is 5.48 Å². The van der Waals surface area contributed by atoms with Crippen LogP contribution in [0.1, 0.15) is 10.4 Å². The lowest BCUT2D eigenvalue weighted by Crippen LogP contribution is -2.29. The molecule has 2 amide bonds. The van der Waals surface area contributed by atoms with Crippen molar-refractivity contribution in [3.05, 3.63) is 28.5 Å². The molecule has 3 N–H and O–H groups in total. The Balaban J connectivity index is 2.50. The Morgan fingerprint density at radius 1 is 1.53 bits per heavy atom. The maximum absolute atomic E-state index is 11.3. The van der Waals surface area contributed by atoms with Crippen LogP contribution in [0.15, 0.2) is 22.9 Å². The van der Waals surface area contributed by atoms with E-state index in [9.17, 15) is 9.59 Å². The van der Waals surface area contributed by atoms with Crippen LogP contribution < -0.4 is 11.2 Å². The number of carbonyl (C=O) groups excluding carboxylic acids is 2. The van der Waals surface area contributed by atoms with Crippen LogP contribution in [-0.4, -0.2) is 23.4 Å². The van der Waals surface area contributed by atoms with Gasteiger partial charge in [0.05, 0.1) is 5.56 Å². The van der Waals surface area contributed by atoms with Crippen molar-refractivity contribution in [3.63, 3.8) is 0 Å². The maximum atomic E-state index is 11.3. The number of pyridine rings is 1. The van der Waals surface area contributed by atoms with Gasteiger partial charge in [0.15, 0.2) is 6.61 Å². The number of nitrogens with two attached hydrogens (primary N) is 1. The summed E-state index contributed by atoms with van der Waals surface area (Å²) in [6.07, 6.45) is 2.91. The van der Waals surface area contributed by atoms with Crippen LogP contribution in [0.3, 0.4) is 0 Å². The van der Waals surface area contributed by atoms with Crippen molar-refractivity contribution in [1.82, 2.24) is 10.5 Å². The Kier molecular flexibility index (Phi) is 4.19. The van der Waals surface area contributed by atoms with E-state index in [2.05, 4.69) is 31.2 Å². The highest BCUT2D eigenvalue weighted by atomic mass is 79.9. The van der Waals surface area contributed by atoms with E-state index in [1.54, 1.807) is 12.3 Å². The molecule has 0 aliphatic rings. The van der Waals surface area contributed by atoms with Crippen LogP contribution >= 0.6 is 15.9 Å². The number of nitrogens with zero attached hydrogens (tertiary/aromatic N) is 1. The summed E-state index contributed by atoms with van der Waals surface area (Å²) in [6, 6.07) is 1.57. The zero-order chi connectivity index (χ0) is 11.3. The number of hydrogen-bond donors (Lipinski definition) is 2. The first kappa shape index (κ1) is 11.6. The summed E-state index contributed by atoms with van der Waals surface area (Å²) in [5, 5.41) is 0. The van der Waals surface area contributed by atoms with E-state index in [0.29, 0.717) is 10.0 Å². The van der Waals surface area contributed by atoms with Crippen molar-refractivity contribution in [2.75, 3.05) is 6.61 Å². The highest BCUT2D eigenvalue weighted by Crippen LogP contribution is 2.09. The number of aromatic nitrogens is 1. The van der Waals surface area contributed by atoms with Gasteiger partial charge in [-0.1, -0.05) is 0 Å². The van der Waals surface area contributed by atoms with E-state index in [1.807, 2.05) is 0 Å². The number of hydrogen-bond acceptors (Lipinski definition) is 4. The Labute approximate surface area is 93.9 Å². The van der Waals surface area contributed by atoms with Gasteiger partial charge in [-0.2, -0.15) is 0 Å². The molecule has 0 radical (unpaired) electrons. The molecule has 80 valence electrons. The fourth-order valence-corrected chi connectivity index (χ4v) is 1.13. The minimum Gasteiger partial charge on any atom is -0.368 e. The molecule has 0 aromatic carbocycles. The summed E-state index contributed by atoms with van der Waals surface area (Å²) in [4.78, 5) is 30.0. The number of rotatable bonds is 4. The molecular weight excluding hydrogens is 266 g/mol. The zero-order valence-corrected chi connectivity index (χ0v) is 9.15. The minimum atomic E-state index is -0.664. The smallest absolute Gasteiger partial charge is 0.276 e. The Hall–Kier alpha value is -1.47. The standard InChI is InChI=1S/C8H8BrN3O3/c9-6-1-5(2-11-3-6)8(14)12-15-4-7(10)13/h1-3H,4H2,(H2,10,13)(H,12,14). The minimum absolute atomic E-state index is 0.314. The molecule has 0 atom stereocenters. The normalized spacial score (nSPS) is 9.67. The lowest BCUT2D eigenvalue weighted by atomic mass is 10.3. The summed E-state index contributed by atoms with van der Waals surface area (Å²) in [5.74, 6) is -1.16. The van der Waals surface area contributed by atoms with Crippen LogP contribution in [0.2, 0.25) is 0 Å². The van der Waals surface area contributed by atoms with Crippen molar-refractivity contribution in [3.8, 4) is 0 Å². The summed E-state index contributed by atoms with van der Waals surface area (Å²) in [7, 11) is 0. The summed E-state index contributed by atoms with van der Waals surface area (Å²) in [6.45, 7) is -0.368. The second-order valence-electron chi connectivity index (χ2n) is 2.58. The fraction of sp³-hybridized carbons (Fsp3) is 0.125. The molecule has 0 saturated heterocycles. The lowest BCUT2D eigenvalue weighted by molar-refractivity contribution is -0.124. The quantitative estimate of drug-likeness (QED) is 0.755. The summed E-state index contributed by atoms with van der Waals surface area (Å²) < 4.78 is 0.671. The molecule has 0 saturated carbocycles. The molecule has 1 aromatic rings. The number of carbonyl (C=O) groups is 2. The SMILES string of the molecule is NC(=O)CONC(=O)c1cncc(Br)c1. The van der Waals surface area contributed by atoms with Crippen LogP contribution in [-0.2, 0) is 9.63 Å². The monoisotopic (exact) mass is 273 g/mol. The van der Waals surface area contributed by atoms with Crippen LogP contribution in [0, 0.1) is 0 Å². The van der Waals surface area contributed by atoms with E-state index < -0.39 is 11.8 Å². The largest absolute Gasteiger partial charge is 0.368 e. The number of primary amides is 1. The van der Waals surface area contributed by atoms with Crippen molar-refractivity contribution >= 4 is 27.7 Å². The van der Waals surface area contributed by atoms with Crippen molar-refractivity contribution < 1.29 is 14.4 Å². The van der Waals surface area contributed by atoms with Gasteiger partial charge < -0.3 is 5.73 Å². The molecule has 6 nitrogen and oxygen atoms in total. The van der Waals surface area contributed by atoms with Gasteiger partial charge in [-0.3, -0.25) is 19.4 Å². The van der Waals surface area contributed by atoms with Crippen molar-refractivity contribution in [2.24, 2.45) is 5.73 Å². The fourth-order valence-electron chi connectivity index (χ4n) is 0.768. The van der Waals surface area contributed by atoms with Gasteiger partial charge in [0, 0.05) is 16.9 Å². The van der Waals surface area contributed by atoms with E-state index in [4.69, 9.17) is 5.73 Å². The van der Waals surface area contributed by atoms with Gasteiger partial charge in [0.25, 0.3) is 5.91 Å². The highest BCUT2D eigenvalue weighted by molar-refractivity contribution is 9.10. The van der Waals surface area contributed by atoms with Crippen LogP contribution in [0.5, 0.6) is 0 Å². The number of nitrogens with one attached hydrogen (secondary N) is 1. The molecule has 1 rings (SSSR count). The molecule has 0 spiro atoms. The molecule has 0 aliphatic carbocycles. The molecule has 1 aromatic heterocycles. The summed E-state index contributed by atoms with van der Waals surface area (Å²) in [5.41, 5.74) is 7.18. The van der Waals surface area contributed by atoms with Gasteiger partial charge in [0.2, 0.25) is 5.91 Å². The van der Waals surface area contributed by atoms with Gasteiger partial charge in [-0.15, -0.1) is 0 Å². The number of amides is 2. The van der Waals surface area contributed by atoms with Gasteiger partial charge >= 0.3 is 0 Å². The molecule has 0 fully saturated rings. The predicted octanol–water partition coefficient (Wildman–Crippen LogP) is -0.00920. The second-order valence-corrected chi connectivity index (χ2v) is 3.49. The average Bonchev–Trinajstić information content (AvgIpc) is 2.17. The van der Waals surface area contributed by atoms with Crippen molar-refractivity contribution in [1.29, 1.82) is 0 Å². The zero-order valence-electron chi connectivity index (χ0n) is 7.57. The third kappa shape index (κ3) is 4.05. The first-order chi connectivity index (χ1) is 7.09. The Bertz CT molecular complexity index is 383. The molecule has 0 bridgehead atoms. The molecule has 7 heteroatoms. The van der Waals surface area contributed by atoms with E-state index >= 15 is 0 Å². The molecule has 0 aliphatic heterocycles. The maximum Gasteiger partial charge on any atom is 0.276 e. The number of halogens is 1. The first-order valence-electron chi connectivity index (χ1n) is 3.90. The Morgan fingerprint density at radius 2 is 2.27 bits per heavy atom. The predicted molar refractivity (Wildman–Crippen MR) is 54.5 cm³/mol. The third-order valence-corrected chi connectivity index (χ3v) is 1.78. The average molecular weight is 274 g/mol. The molecule has 15 heavy (non-hydrogen) atoms. The van der Waals surface area contributed by atoms with Gasteiger partial charge in [-0.05, 0) is 22.0 Å². The third-order valence-electron chi connectivity index (χ3n) is 1.35. The van der Waals surface area contributed by atoms with E-state index in [0.717, 1.165) is 0 Å². The Morgan fingerprint density at radius 3 is 2.87 bits per heavy atom. The molecule has 0 unspecified atom stereocenters. The van der Waals surface area contributed by atoms with Gasteiger partial charge in [0.1, 0.15) is 0 Å². The summed E-state index contributed by atoms with van der Waals surface area (Å²) >= 11 is 3.16. The molecule has 1 heterocycles. The van der Waals surface area contributed by atoms with E-state index in [1.165, 1.54) is 6.20 Å². The van der Waals surface area contributed by atoms with Crippen LogP contribution in [0.25, 0.3) is 0 Å². The molecular formula is C8H8BrN3O3. The van der Waals surface area contributed by atoms with Crippen LogP contribution in [0.4, 0.5) is 0 Å². The number of hydroxylamine groups is 1. The first-order valence-corrected chi connectivity index (χ1v) is 4.70. The van der Waals surface area contributed by atoms with E-state index in [-0.39, 0.29) is 6.61 Å². The highest BCUT2D eigenvalue weighted by Gasteiger charge is 2.06.